The average molecular weight is 351 g/mol. The summed E-state index contributed by atoms with van der Waals surface area (Å²) in [7, 11) is 0. The molecule has 0 aliphatic carbocycles. The quantitative estimate of drug-likeness (QED) is 0.703. The van der Waals surface area contributed by atoms with Gasteiger partial charge in [0.25, 0.3) is 5.91 Å². The summed E-state index contributed by atoms with van der Waals surface area (Å²) in [6.45, 7) is 0.240. The maximum atomic E-state index is 12.5. The van der Waals surface area contributed by atoms with E-state index in [0.29, 0.717) is 17.4 Å². The van der Waals surface area contributed by atoms with Gasteiger partial charge < -0.3 is 9.47 Å². The summed E-state index contributed by atoms with van der Waals surface area (Å²) >= 11 is 1.55. The first-order chi connectivity index (χ1) is 12.3. The Hall–Kier alpha value is -2.80. The van der Waals surface area contributed by atoms with Crippen molar-refractivity contribution in [2.45, 2.75) is 16.8 Å². The zero-order valence-electron chi connectivity index (χ0n) is 13.1. The number of hydrogen-bond donors (Lipinski definition) is 0. The Bertz CT molecular complexity index is 971. The van der Waals surface area contributed by atoms with E-state index in [4.69, 9.17) is 9.47 Å². The third-order valence-corrected chi connectivity index (χ3v) is 5.42. The summed E-state index contributed by atoms with van der Waals surface area (Å²) in [5.74, 6) is 1.99. The number of fused-ring (bicyclic) bond motifs is 2. The topological polar surface area (TPSA) is 66.2 Å². The second-order valence-electron chi connectivity index (χ2n) is 5.81. The molecule has 2 aliphatic heterocycles. The van der Waals surface area contributed by atoms with Gasteiger partial charge in [-0.1, -0.05) is 48.2 Å². The van der Waals surface area contributed by atoms with Crippen LogP contribution in [0.2, 0.25) is 0 Å². The molecule has 2 aliphatic rings. The first kappa shape index (κ1) is 14.5. The minimum Gasteiger partial charge on any atom is -0.454 e. The van der Waals surface area contributed by atoms with Crippen molar-refractivity contribution in [3.63, 3.8) is 0 Å². The molecular formula is C18H13N3O3S. The molecule has 1 aromatic heterocycles. The summed E-state index contributed by atoms with van der Waals surface area (Å²) in [4.78, 5) is 17.1. The zero-order valence-corrected chi connectivity index (χ0v) is 13.9. The normalized spacial score (nSPS) is 18.2. The van der Waals surface area contributed by atoms with Gasteiger partial charge in [0.1, 0.15) is 0 Å². The van der Waals surface area contributed by atoms with Crippen molar-refractivity contribution in [1.29, 1.82) is 0 Å². The number of carbonyl (C=O) groups excluding carboxylic acids is 1. The Labute approximate surface area is 147 Å². The summed E-state index contributed by atoms with van der Waals surface area (Å²) < 4.78 is 12.2. The van der Waals surface area contributed by atoms with Gasteiger partial charge in [0.2, 0.25) is 6.79 Å². The molecular weight excluding hydrogens is 338 g/mol. The molecule has 2 aromatic carbocycles. The van der Waals surface area contributed by atoms with Crippen molar-refractivity contribution in [2.75, 3.05) is 6.79 Å². The number of thioether (sulfide) groups is 1. The number of aromatic nitrogens is 3. The van der Waals surface area contributed by atoms with Crippen LogP contribution < -0.4 is 9.47 Å². The first-order valence-electron chi connectivity index (χ1n) is 7.90. The Kier molecular flexibility index (Phi) is 3.27. The molecule has 6 nitrogen and oxygen atoms in total. The second-order valence-corrected chi connectivity index (χ2v) is 6.98. The van der Waals surface area contributed by atoms with E-state index in [0.717, 1.165) is 22.6 Å². The first-order valence-corrected chi connectivity index (χ1v) is 8.78. The Balaban J connectivity index is 1.48. The van der Waals surface area contributed by atoms with Gasteiger partial charge in [0, 0.05) is 17.2 Å². The molecule has 1 atom stereocenters. The average Bonchev–Trinajstić information content (AvgIpc) is 3.28. The SMILES string of the molecule is O=C1C[C@H](c2ccc3c(c2)OCO3)Sc2nc(-c3ccccc3)nn21. The summed E-state index contributed by atoms with van der Waals surface area (Å²) in [5.41, 5.74) is 1.93. The van der Waals surface area contributed by atoms with E-state index >= 15 is 0 Å². The molecule has 0 unspecified atom stereocenters. The predicted octanol–water partition coefficient (Wildman–Crippen LogP) is 3.55. The Morgan fingerprint density at radius 3 is 2.80 bits per heavy atom. The van der Waals surface area contributed by atoms with E-state index in [1.165, 1.54) is 4.68 Å². The molecule has 3 aromatic rings. The van der Waals surface area contributed by atoms with E-state index in [-0.39, 0.29) is 18.0 Å². The summed E-state index contributed by atoms with van der Waals surface area (Å²) in [6.07, 6.45) is 0.370. The number of rotatable bonds is 2. The van der Waals surface area contributed by atoms with Crippen molar-refractivity contribution >= 4 is 17.7 Å². The van der Waals surface area contributed by atoms with Gasteiger partial charge in [-0.25, -0.2) is 4.98 Å². The lowest BCUT2D eigenvalue weighted by molar-refractivity contribution is 0.0868. The standard InChI is InChI=1S/C18H13N3O3S/c22-16-9-15(12-6-7-13-14(8-12)24-10-23-13)25-18-19-17(20-21(16)18)11-4-2-1-3-5-11/h1-8,15H,9-10H2/t15-/m1/s1. The highest BCUT2D eigenvalue weighted by molar-refractivity contribution is 7.99. The van der Waals surface area contributed by atoms with E-state index in [9.17, 15) is 4.79 Å². The van der Waals surface area contributed by atoms with Crippen molar-refractivity contribution in [3.8, 4) is 22.9 Å². The lowest BCUT2D eigenvalue weighted by Gasteiger charge is -2.20. The fraction of sp³-hybridized carbons (Fsp3) is 0.167. The monoisotopic (exact) mass is 351 g/mol. The predicted molar refractivity (Wildman–Crippen MR) is 91.9 cm³/mol. The fourth-order valence-corrected chi connectivity index (χ4v) is 4.10. The highest BCUT2D eigenvalue weighted by Crippen LogP contribution is 2.44. The van der Waals surface area contributed by atoms with Crippen LogP contribution in [0, 0.1) is 0 Å². The van der Waals surface area contributed by atoms with Gasteiger partial charge in [-0.05, 0) is 17.7 Å². The van der Waals surface area contributed by atoms with E-state index < -0.39 is 0 Å². The van der Waals surface area contributed by atoms with Gasteiger partial charge >= 0.3 is 0 Å². The second kappa shape index (κ2) is 5.63. The van der Waals surface area contributed by atoms with E-state index in [2.05, 4.69) is 10.1 Å². The third kappa shape index (κ3) is 2.47. The van der Waals surface area contributed by atoms with E-state index in [1.807, 2.05) is 48.5 Å². The Morgan fingerprint density at radius 2 is 1.92 bits per heavy atom. The van der Waals surface area contributed by atoms with E-state index in [1.54, 1.807) is 11.8 Å². The summed E-state index contributed by atoms with van der Waals surface area (Å²) in [5, 5.41) is 4.99. The number of benzene rings is 2. The number of ether oxygens (including phenoxy) is 2. The number of carbonyl (C=O) groups is 1. The molecule has 0 N–H and O–H groups in total. The third-order valence-electron chi connectivity index (χ3n) is 4.22. The molecule has 3 heterocycles. The molecule has 0 bridgehead atoms. The molecule has 0 radical (unpaired) electrons. The maximum Gasteiger partial charge on any atom is 0.250 e. The van der Waals surface area contributed by atoms with Crippen molar-refractivity contribution in [3.05, 3.63) is 54.1 Å². The molecule has 0 saturated heterocycles. The van der Waals surface area contributed by atoms with Crippen LogP contribution in [0.3, 0.4) is 0 Å². The molecule has 0 saturated carbocycles. The number of nitrogens with zero attached hydrogens (tertiary/aromatic N) is 3. The smallest absolute Gasteiger partial charge is 0.250 e. The molecule has 124 valence electrons. The zero-order chi connectivity index (χ0) is 16.8. The minimum atomic E-state index is -0.0499. The van der Waals surface area contributed by atoms with Crippen LogP contribution in [-0.2, 0) is 0 Å². The van der Waals surface area contributed by atoms with Gasteiger partial charge in [0.05, 0.1) is 0 Å². The van der Waals surface area contributed by atoms with Gasteiger partial charge in [0.15, 0.2) is 22.5 Å². The molecule has 0 amide bonds. The van der Waals surface area contributed by atoms with Crippen LogP contribution in [0.1, 0.15) is 22.0 Å². The van der Waals surface area contributed by atoms with Gasteiger partial charge in [-0.2, -0.15) is 4.68 Å². The highest BCUT2D eigenvalue weighted by Gasteiger charge is 2.31. The van der Waals surface area contributed by atoms with Crippen LogP contribution in [0.15, 0.2) is 53.7 Å². The van der Waals surface area contributed by atoms with Crippen LogP contribution in [-0.4, -0.2) is 27.5 Å². The molecule has 0 fully saturated rings. The molecule has 5 rings (SSSR count). The fourth-order valence-electron chi connectivity index (χ4n) is 2.96. The lowest BCUT2D eigenvalue weighted by atomic mass is 10.1. The molecule has 7 heteroatoms. The largest absolute Gasteiger partial charge is 0.454 e. The van der Waals surface area contributed by atoms with Crippen LogP contribution in [0.5, 0.6) is 11.5 Å². The maximum absolute atomic E-state index is 12.5. The van der Waals surface area contributed by atoms with Crippen molar-refractivity contribution in [1.82, 2.24) is 14.8 Å². The van der Waals surface area contributed by atoms with Crippen molar-refractivity contribution in [2.24, 2.45) is 0 Å². The van der Waals surface area contributed by atoms with Crippen LogP contribution in [0.4, 0.5) is 0 Å². The van der Waals surface area contributed by atoms with Crippen LogP contribution >= 0.6 is 11.8 Å². The molecule has 25 heavy (non-hydrogen) atoms. The number of hydrogen-bond acceptors (Lipinski definition) is 6. The molecule has 0 spiro atoms. The lowest BCUT2D eigenvalue weighted by Crippen LogP contribution is -2.20. The highest BCUT2D eigenvalue weighted by atomic mass is 32.2. The minimum absolute atomic E-state index is 0.0117. The summed E-state index contributed by atoms with van der Waals surface area (Å²) in [6, 6.07) is 15.5. The Morgan fingerprint density at radius 1 is 1.08 bits per heavy atom. The van der Waals surface area contributed by atoms with Gasteiger partial charge in [-0.15, -0.1) is 5.10 Å². The van der Waals surface area contributed by atoms with Crippen molar-refractivity contribution < 1.29 is 14.3 Å². The van der Waals surface area contributed by atoms with Crippen LogP contribution in [0.25, 0.3) is 11.4 Å². The van der Waals surface area contributed by atoms with Gasteiger partial charge in [-0.3, -0.25) is 4.79 Å².